The Labute approximate surface area is 242 Å². The molecule has 194 valence electrons. The van der Waals surface area contributed by atoms with Crippen molar-refractivity contribution in [2.24, 2.45) is 0 Å². The second kappa shape index (κ2) is 9.92. The van der Waals surface area contributed by atoms with Crippen LogP contribution in [0.15, 0.2) is 127 Å². The molecule has 8 rings (SSSR count). The van der Waals surface area contributed by atoms with Gasteiger partial charge in [0, 0.05) is 31.3 Å². The number of hydrogen-bond donors (Lipinski definition) is 0. The Morgan fingerprint density at radius 1 is 0.512 bits per heavy atom. The van der Waals surface area contributed by atoms with Crippen LogP contribution in [0.4, 0.5) is 0 Å². The number of thiophene rings is 1. The number of rotatable bonds is 4. The maximum Gasteiger partial charge on any atom is 0.164 e. The predicted molar refractivity (Wildman–Crippen MR) is 173 cm³/mol. The highest BCUT2D eigenvalue weighted by Crippen LogP contribution is 2.36. The molecule has 0 N–H and O–H groups in total. The minimum atomic E-state index is 0.696. The molecule has 0 saturated heterocycles. The zero-order valence-corrected chi connectivity index (χ0v) is 23.1. The summed E-state index contributed by atoms with van der Waals surface area (Å²) < 4.78 is 2.54. The maximum absolute atomic E-state index is 5.01. The molecule has 0 bridgehead atoms. The standard InChI is InChI=1S/C37H25N3S/c1-2-9-26(10-3-1)35-38-36(27-17-14-25(15-18-27)29-19-16-24-8-4-5-11-28(24)22-29)40-37(39-35)30-20-21-32-31-12-6-7-13-33(31)41-34(32)23-30/h1-2,4-9,11-23H,3,10H2. The average molecular weight is 544 g/mol. The van der Waals surface area contributed by atoms with Gasteiger partial charge < -0.3 is 0 Å². The Hall–Kier alpha value is -4.93. The normalized spacial score (nSPS) is 13.2. The van der Waals surface area contributed by atoms with Gasteiger partial charge in [-0.3, -0.25) is 0 Å². The summed E-state index contributed by atoms with van der Waals surface area (Å²) in [6.45, 7) is 0. The summed E-state index contributed by atoms with van der Waals surface area (Å²) in [6, 6.07) is 38.8. The summed E-state index contributed by atoms with van der Waals surface area (Å²) in [7, 11) is 0. The van der Waals surface area contributed by atoms with E-state index in [2.05, 4.69) is 127 Å². The molecule has 5 aromatic carbocycles. The van der Waals surface area contributed by atoms with E-state index in [1.807, 2.05) is 11.3 Å². The Kier molecular flexibility index (Phi) is 5.78. The van der Waals surface area contributed by atoms with E-state index in [-0.39, 0.29) is 0 Å². The minimum absolute atomic E-state index is 0.696. The van der Waals surface area contributed by atoms with Gasteiger partial charge in [0.25, 0.3) is 0 Å². The lowest BCUT2D eigenvalue weighted by atomic mass is 10.00. The fourth-order valence-electron chi connectivity index (χ4n) is 5.61. The Bertz CT molecular complexity index is 2150. The van der Waals surface area contributed by atoms with E-state index in [4.69, 9.17) is 15.0 Å². The molecule has 41 heavy (non-hydrogen) atoms. The van der Waals surface area contributed by atoms with E-state index in [1.54, 1.807) is 0 Å². The second-order valence-corrected chi connectivity index (χ2v) is 11.5. The van der Waals surface area contributed by atoms with Gasteiger partial charge >= 0.3 is 0 Å². The first-order chi connectivity index (χ1) is 20.3. The largest absolute Gasteiger partial charge is 0.209 e. The van der Waals surface area contributed by atoms with Crippen molar-refractivity contribution in [3.8, 4) is 33.9 Å². The first-order valence-electron chi connectivity index (χ1n) is 13.9. The van der Waals surface area contributed by atoms with E-state index >= 15 is 0 Å². The van der Waals surface area contributed by atoms with Crippen molar-refractivity contribution in [3.05, 3.63) is 133 Å². The molecular weight excluding hydrogens is 518 g/mol. The van der Waals surface area contributed by atoms with Gasteiger partial charge in [-0.1, -0.05) is 109 Å². The monoisotopic (exact) mass is 543 g/mol. The van der Waals surface area contributed by atoms with Crippen molar-refractivity contribution in [1.29, 1.82) is 0 Å². The van der Waals surface area contributed by atoms with Crippen LogP contribution in [0.1, 0.15) is 18.7 Å². The lowest BCUT2D eigenvalue weighted by molar-refractivity contribution is 0.978. The number of nitrogens with zero attached hydrogens (tertiary/aromatic N) is 3. The number of hydrogen-bond acceptors (Lipinski definition) is 4. The Morgan fingerprint density at radius 2 is 1.20 bits per heavy atom. The van der Waals surface area contributed by atoms with Gasteiger partial charge in [-0.2, -0.15) is 0 Å². The van der Waals surface area contributed by atoms with E-state index in [0.717, 1.165) is 35.4 Å². The molecule has 4 heteroatoms. The molecule has 0 amide bonds. The van der Waals surface area contributed by atoms with Crippen LogP contribution in [0.5, 0.6) is 0 Å². The van der Waals surface area contributed by atoms with Crippen molar-refractivity contribution in [2.75, 3.05) is 0 Å². The third-order valence-electron chi connectivity index (χ3n) is 7.80. The molecule has 1 aliphatic rings. The van der Waals surface area contributed by atoms with Gasteiger partial charge in [-0.05, 0) is 58.5 Å². The first kappa shape index (κ1) is 23.9. The van der Waals surface area contributed by atoms with Crippen LogP contribution < -0.4 is 0 Å². The van der Waals surface area contributed by atoms with Crippen LogP contribution >= 0.6 is 11.3 Å². The van der Waals surface area contributed by atoms with Crippen molar-refractivity contribution in [2.45, 2.75) is 12.8 Å². The molecule has 0 radical (unpaired) electrons. The first-order valence-corrected chi connectivity index (χ1v) is 14.7. The molecule has 3 nitrogen and oxygen atoms in total. The number of allylic oxidation sites excluding steroid dienone is 4. The zero-order chi connectivity index (χ0) is 27.2. The summed E-state index contributed by atoms with van der Waals surface area (Å²) in [5.41, 5.74) is 5.50. The zero-order valence-electron chi connectivity index (χ0n) is 22.3. The van der Waals surface area contributed by atoms with Crippen molar-refractivity contribution in [3.63, 3.8) is 0 Å². The van der Waals surface area contributed by atoms with Crippen LogP contribution in [0, 0.1) is 0 Å². The molecule has 7 aromatic rings. The quantitative estimate of drug-likeness (QED) is 0.222. The van der Waals surface area contributed by atoms with Gasteiger partial charge in [0.15, 0.2) is 17.5 Å². The van der Waals surface area contributed by atoms with E-state index in [0.29, 0.717) is 11.6 Å². The van der Waals surface area contributed by atoms with E-state index < -0.39 is 0 Å². The van der Waals surface area contributed by atoms with Crippen LogP contribution in [0.3, 0.4) is 0 Å². The van der Waals surface area contributed by atoms with E-state index in [1.165, 1.54) is 42.1 Å². The van der Waals surface area contributed by atoms with Crippen LogP contribution in [0.25, 0.3) is 70.4 Å². The highest BCUT2D eigenvalue weighted by Gasteiger charge is 2.16. The van der Waals surface area contributed by atoms with Gasteiger partial charge in [0.2, 0.25) is 0 Å². The number of aromatic nitrogens is 3. The Morgan fingerprint density at radius 3 is 2.05 bits per heavy atom. The van der Waals surface area contributed by atoms with Gasteiger partial charge in [0.1, 0.15) is 0 Å². The van der Waals surface area contributed by atoms with Crippen LogP contribution in [-0.4, -0.2) is 15.0 Å². The highest BCUT2D eigenvalue weighted by molar-refractivity contribution is 7.25. The fourth-order valence-corrected chi connectivity index (χ4v) is 6.76. The van der Waals surface area contributed by atoms with Crippen LogP contribution in [0.2, 0.25) is 0 Å². The molecule has 0 fully saturated rings. The molecule has 0 saturated carbocycles. The predicted octanol–water partition coefficient (Wildman–Crippen LogP) is 10.1. The maximum atomic E-state index is 5.01. The summed E-state index contributed by atoms with van der Waals surface area (Å²) >= 11 is 1.81. The summed E-state index contributed by atoms with van der Waals surface area (Å²) in [5.74, 6) is 2.16. The molecule has 0 aliphatic heterocycles. The summed E-state index contributed by atoms with van der Waals surface area (Å²) in [4.78, 5) is 15.0. The van der Waals surface area contributed by atoms with Crippen molar-refractivity contribution < 1.29 is 0 Å². The third-order valence-corrected chi connectivity index (χ3v) is 8.93. The van der Waals surface area contributed by atoms with Gasteiger partial charge in [0.05, 0.1) is 0 Å². The highest BCUT2D eigenvalue weighted by atomic mass is 32.1. The summed E-state index contributed by atoms with van der Waals surface area (Å²) in [6.07, 6.45) is 8.34. The second-order valence-electron chi connectivity index (χ2n) is 10.4. The molecule has 2 heterocycles. The molecule has 2 aromatic heterocycles. The van der Waals surface area contributed by atoms with Crippen LogP contribution in [-0.2, 0) is 0 Å². The smallest absolute Gasteiger partial charge is 0.164 e. The van der Waals surface area contributed by atoms with Crippen molar-refractivity contribution >= 4 is 47.9 Å². The SMILES string of the molecule is C1=CCCC(c2nc(-c3ccc(-c4ccc5ccccc5c4)cc3)nc(-c3ccc4c(c3)sc3ccccc34)n2)=C1. The third kappa shape index (κ3) is 4.43. The topological polar surface area (TPSA) is 38.7 Å². The minimum Gasteiger partial charge on any atom is -0.209 e. The average Bonchev–Trinajstić information content (AvgIpc) is 3.43. The van der Waals surface area contributed by atoms with Gasteiger partial charge in [-0.25, -0.2) is 15.0 Å². The van der Waals surface area contributed by atoms with Gasteiger partial charge in [-0.15, -0.1) is 11.3 Å². The molecule has 0 atom stereocenters. The lowest BCUT2D eigenvalue weighted by Crippen LogP contribution is -2.03. The molecule has 0 unspecified atom stereocenters. The molecule has 1 aliphatic carbocycles. The summed E-state index contributed by atoms with van der Waals surface area (Å²) in [5, 5.41) is 5.06. The molecular formula is C37H25N3S. The van der Waals surface area contributed by atoms with Crippen molar-refractivity contribution in [1.82, 2.24) is 15.0 Å². The number of benzene rings is 5. The Balaban J connectivity index is 1.22. The van der Waals surface area contributed by atoms with E-state index in [9.17, 15) is 0 Å². The lowest BCUT2D eigenvalue weighted by Gasteiger charge is -2.12. The molecule has 0 spiro atoms. The fraction of sp³-hybridized carbons (Fsp3) is 0.0541. The number of fused-ring (bicyclic) bond motifs is 4.